The largest absolute Gasteiger partial charge is 0.360 e. The highest BCUT2D eigenvalue weighted by Crippen LogP contribution is 2.39. The van der Waals surface area contributed by atoms with Crippen molar-refractivity contribution in [3.63, 3.8) is 0 Å². The Morgan fingerprint density at radius 3 is 3.31 bits per heavy atom. The number of benzene rings is 1. The molecule has 0 atom stereocenters. The average Bonchev–Trinajstić information content (AvgIpc) is 2.65. The van der Waals surface area contributed by atoms with Crippen molar-refractivity contribution < 1.29 is 0 Å². The van der Waals surface area contributed by atoms with Crippen molar-refractivity contribution >= 4 is 39.0 Å². The summed E-state index contributed by atoms with van der Waals surface area (Å²) < 4.78 is 1.28. The van der Waals surface area contributed by atoms with Crippen LogP contribution in [0.15, 0.2) is 34.1 Å². The van der Waals surface area contributed by atoms with E-state index < -0.39 is 0 Å². The second kappa shape index (κ2) is 2.75. The molecule has 2 nitrogen and oxygen atoms in total. The molecule has 0 saturated heterocycles. The summed E-state index contributed by atoms with van der Waals surface area (Å²) in [5.74, 6) is 0. The first kappa shape index (κ1) is 7.41. The smallest absolute Gasteiger partial charge is 0.0825 e. The fourth-order valence-corrected chi connectivity index (χ4v) is 3.12. The van der Waals surface area contributed by atoms with E-state index in [-0.39, 0.29) is 0 Å². The molecule has 0 fully saturated rings. The number of nitrogens with one attached hydrogen (secondary N) is 1. The Bertz CT molecular complexity index is 487. The van der Waals surface area contributed by atoms with Crippen LogP contribution >= 0.6 is 23.1 Å². The summed E-state index contributed by atoms with van der Waals surface area (Å²) in [7, 11) is 0. The second-order valence-corrected chi connectivity index (χ2v) is 4.48. The Labute approximate surface area is 83.7 Å². The quantitative estimate of drug-likeness (QED) is 0.716. The fourth-order valence-electron chi connectivity index (χ4n) is 1.36. The summed E-state index contributed by atoms with van der Waals surface area (Å²) in [4.78, 5) is 5.57. The lowest BCUT2D eigenvalue weighted by Crippen LogP contribution is -1.92. The summed E-state index contributed by atoms with van der Waals surface area (Å²) in [6, 6.07) is 4.13. The van der Waals surface area contributed by atoms with E-state index in [1.807, 2.05) is 11.7 Å². The zero-order valence-electron chi connectivity index (χ0n) is 6.65. The predicted molar refractivity (Wildman–Crippen MR) is 58.2 cm³/mol. The summed E-state index contributed by atoms with van der Waals surface area (Å²) in [5.41, 5.74) is 4.17. The van der Waals surface area contributed by atoms with Gasteiger partial charge in [-0.3, -0.25) is 0 Å². The van der Waals surface area contributed by atoms with Crippen molar-refractivity contribution in [1.29, 1.82) is 0 Å². The van der Waals surface area contributed by atoms with E-state index in [1.54, 1.807) is 23.1 Å². The highest BCUT2D eigenvalue weighted by atomic mass is 32.2. The Morgan fingerprint density at radius 2 is 2.31 bits per heavy atom. The highest BCUT2D eigenvalue weighted by molar-refractivity contribution is 8.02. The number of rotatable bonds is 0. The van der Waals surface area contributed by atoms with Crippen LogP contribution in [0.2, 0.25) is 0 Å². The van der Waals surface area contributed by atoms with Gasteiger partial charge in [0.25, 0.3) is 0 Å². The number of thiazole rings is 1. The lowest BCUT2D eigenvalue weighted by atomic mass is 10.3. The minimum Gasteiger partial charge on any atom is -0.360 e. The number of thioether (sulfide) groups is 1. The number of aromatic nitrogens is 1. The minimum atomic E-state index is 1.09. The van der Waals surface area contributed by atoms with Gasteiger partial charge in [0.05, 0.1) is 26.3 Å². The molecule has 13 heavy (non-hydrogen) atoms. The van der Waals surface area contributed by atoms with Gasteiger partial charge in [0.1, 0.15) is 0 Å². The maximum absolute atomic E-state index is 4.28. The number of hydrogen-bond donors (Lipinski definition) is 1. The predicted octanol–water partition coefficient (Wildman–Crippen LogP) is 3.29. The molecule has 1 aliphatic rings. The van der Waals surface area contributed by atoms with Gasteiger partial charge in [0, 0.05) is 6.20 Å². The van der Waals surface area contributed by atoms with Crippen LogP contribution in [0.25, 0.3) is 10.2 Å². The van der Waals surface area contributed by atoms with Crippen LogP contribution in [-0.2, 0) is 0 Å². The molecule has 0 unspecified atom stereocenters. The molecule has 2 aromatic rings. The molecule has 0 amide bonds. The SMILES string of the molecule is C1=CSc2c(ccc3ncsc23)N1. The zero-order valence-corrected chi connectivity index (χ0v) is 8.28. The van der Waals surface area contributed by atoms with Crippen LogP contribution in [0.3, 0.4) is 0 Å². The molecule has 0 saturated carbocycles. The third-order valence-corrected chi connectivity index (χ3v) is 3.87. The van der Waals surface area contributed by atoms with Crippen molar-refractivity contribution in [2.24, 2.45) is 0 Å². The number of fused-ring (bicyclic) bond motifs is 3. The zero-order chi connectivity index (χ0) is 8.67. The van der Waals surface area contributed by atoms with Gasteiger partial charge in [-0.15, -0.1) is 11.3 Å². The van der Waals surface area contributed by atoms with E-state index in [0.29, 0.717) is 0 Å². The standard InChI is InChI=1S/C9H6N2S2/c1-2-7-9(13-5-11-7)8-6(1)10-3-4-12-8/h1-5,10H. The van der Waals surface area contributed by atoms with Crippen LogP contribution < -0.4 is 5.32 Å². The first-order valence-electron chi connectivity index (χ1n) is 3.89. The first-order chi connectivity index (χ1) is 6.45. The van der Waals surface area contributed by atoms with Gasteiger partial charge < -0.3 is 5.32 Å². The van der Waals surface area contributed by atoms with Crippen molar-refractivity contribution in [3.05, 3.63) is 29.3 Å². The molecule has 1 N–H and O–H groups in total. The summed E-state index contributed by atoms with van der Waals surface area (Å²) in [5, 5.41) is 5.28. The third-order valence-electron chi connectivity index (χ3n) is 1.95. The second-order valence-electron chi connectivity index (χ2n) is 2.71. The van der Waals surface area contributed by atoms with E-state index in [4.69, 9.17) is 0 Å². The van der Waals surface area contributed by atoms with Gasteiger partial charge in [-0.05, 0) is 17.5 Å². The Hall–Kier alpha value is -1.00. The van der Waals surface area contributed by atoms with Crippen molar-refractivity contribution in [3.8, 4) is 0 Å². The summed E-state index contributed by atoms with van der Waals surface area (Å²) in [6.45, 7) is 0. The monoisotopic (exact) mass is 206 g/mol. The molecule has 0 bridgehead atoms. The van der Waals surface area contributed by atoms with E-state index in [0.717, 1.165) is 5.52 Å². The molecule has 64 valence electrons. The molecule has 0 spiro atoms. The van der Waals surface area contributed by atoms with Gasteiger partial charge >= 0.3 is 0 Å². The third kappa shape index (κ3) is 1.06. The fraction of sp³-hybridized carbons (Fsp3) is 0. The van der Waals surface area contributed by atoms with E-state index in [2.05, 4.69) is 27.8 Å². The van der Waals surface area contributed by atoms with E-state index >= 15 is 0 Å². The molecule has 1 aromatic heterocycles. The number of nitrogens with zero attached hydrogens (tertiary/aromatic N) is 1. The molecule has 1 aliphatic heterocycles. The molecular formula is C9H6N2S2. The lowest BCUT2D eigenvalue weighted by Gasteiger charge is -2.11. The van der Waals surface area contributed by atoms with Crippen molar-refractivity contribution in [1.82, 2.24) is 4.98 Å². The molecule has 1 aromatic carbocycles. The minimum absolute atomic E-state index is 1.09. The summed E-state index contributed by atoms with van der Waals surface area (Å²) in [6.07, 6.45) is 1.96. The van der Waals surface area contributed by atoms with Gasteiger partial charge in [0.15, 0.2) is 0 Å². The first-order valence-corrected chi connectivity index (χ1v) is 5.65. The Kier molecular flexibility index (Phi) is 1.57. The van der Waals surface area contributed by atoms with Gasteiger partial charge in [-0.25, -0.2) is 4.98 Å². The number of anilines is 1. The Morgan fingerprint density at radius 1 is 1.31 bits per heavy atom. The van der Waals surface area contributed by atoms with E-state index in [9.17, 15) is 0 Å². The van der Waals surface area contributed by atoms with Crippen LogP contribution in [0.1, 0.15) is 0 Å². The van der Waals surface area contributed by atoms with E-state index in [1.165, 1.54) is 15.3 Å². The molecule has 0 radical (unpaired) electrons. The van der Waals surface area contributed by atoms with Crippen LogP contribution in [0, 0.1) is 0 Å². The maximum Gasteiger partial charge on any atom is 0.0825 e. The van der Waals surface area contributed by atoms with Crippen LogP contribution in [0.4, 0.5) is 5.69 Å². The Balaban J connectivity index is 2.38. The molecule has 2 heterocycles. The molecular weight excluding hydrogens is 200 g/mol. The average molecular weight is 206 g/mol. The van der Waals surface area contributed by atoms with Crippen molar-refractivity contribution in [2.75, 3.05) is 5.32 Å². The van der Waals surface area contributed by atoms with Crippen LogP contribution in [-0.4, -0.2) is 4.98 Å². The topological polar surface area (TPSA) is 24.9 Å². The van der Waals surface area contributed by atoms with Gasteiger partial charge in [-0.1, -0.05) is 11.8 Å². The van der Waals surface area contributed by atoms with Gasteiger partial charge in [0.2, 0.25) is 0 Å². The molecule has 4 heteroatoms. The number of hydrogen-bond acceptors (Lipinski definition) is 4. The highest BCUT2D eigenvalue weighted by Gasteiger charge is 2.10. The molecule has 3 rings (SSSR count). The molecule has 0 aliphatic carbocycles. The maximum atomic E-state index is 4.28. The van der Waals surface area contributed by atoms with Crippen LogP contribution in [0.5, 0.6) is 0 Å². The van der Waals surface area contributed by atoms with Crippen molar-refractivity contribution in [2.45, 2.75) is 4.90 Å². The summed E-state index contributed by atoms with van der Waals surface area (Å²) >= 11 is 3.45. The lowest BCUT2D eigenvalue weighted by molar-refractivity contribution is 1.44. The normalized spacial score (nSPS) is 14.2. The van der Waals surface area contributed by atoms with Gasteiger partial charge in [-0.2, -0.15) is 0 Å².